The molecule has 1 aliphatic rings. The van der Waals surface area contributed by atoms with Crippen LogP contribution in [0.1, 0.15) is 75.6 Å². The van der Waals surface area contributed by atoms with Crippen LogP contribution in [0.15, 0.2) is 73.3 Å². The highest BCUT2D eigenvalue weighted by Crippen LogP contribution is 2.20. The number of hydrogen-bond acceptors (Lipinski definition) is 10. The fourth-order valence-electron chi connectivity index (χ4n) is 7.56. The fourth-order valence-corrected chi connectivity index (χ4v) is 7.56. The van der Waals surface area contributed by atoms with Crippen molar-refractivity contribution in [2.45, 2.75) is 114 Å². The number of para-hydroxylation sites is 1. The van der Waals surface area contributed by atoms with Crippen LogP contribution in [-0.4, -0.2) is 117 Å². The smallest absolute Gasteiger partial charge is 0.243 e. The predicted molar refractivity (Wildman–Crippen MR) is 245 cm³/mol. The molecule has 4 aromatic rings. The molecule has 0 saturated carbocycles. The minimum absolute atomic E-state index is 0.00162. The van der Waals surface area contributed by atoms with Crippen molar-refractivity contribution in [1.29, 1.82) is 0 Å². The van der Waals surface area contributed by atoms with Crippen LogP contribution in [0.4, 0.5) is 0 Å². The highest BCUT2D eigenvalue weighted by atomic mass is 16.2. The quantitative estimate of drug-likeness (QED) is 0.0804. The second kappa shape index (κ2) is 25.2. The number of hydrogen-bond donors (Lipinski definition) is 11. The van der Waals surface area contributed by atoms with Crippen molar-refractivity contribution in [3.8, 4) is 0 Å². The van der Waals surface area contributed by atoms with Gasteiger partial charge in [0, 0.05) is 61.7 Å². The van der Waals surface area contributed by atoms with Crippen molar-refractivity contribution in [1.82, 2.24) is 57.5 Å². The third-order valence-corrected chi connectivity index (χ3v) is 11.2. The molecule has 0 aliphatic carbocycles. The van der Waals surface area contributed by atoms with Crippen LogP contribution in [0.5, 0.6) is 0 Å². The number of primary amides is 1. The van der Waals surface area contributed by atoms with Crippen LogP contribution in [-0.2, 0) is 62.4 Å². The average molecular weight is 925 g/mol. The van der Waals surface area contributed by atoms with Gasteiger partial charge in [-0.2, -0.15) is 0 Å². The average Bonchev–Trinajstić information content (AvgIpc) is 3.98. The minimum atomic E-state index is -1.53. The lowest BCUT2D eigenvalue weighted by molar-refractivity contribution is -0.136. The van der Waals surface area contributed by atoms with Crippen LogP contribution in [0, 0.1) is 0 Å². The number of benzene rings is 2. The summed E-state index contributed by atoms with van der Waals surface area (Å²) in [5.74, 6) is -6.66. The molecule has 1 aliphatic heterocycles. The third kappa shape index (κ3) is 15.8. The summed E-state index contributed by atoms with van der Waals surface area (Å²) in [6, 6.07) is 8.35. The van der Waals surface area contributed by atoms with Crippen LogP contribution >= 0.6 is 0 Å². The predicted octanol–water partition coefficient (Wildman–Crippen LogP) is -0.671. The van der Waals surface area contributed by atoms with Gasteiger partial charge in [0.15, 0.2) is 0 Å². The van der Waals surface area contributed by atoms with Gasteiger partial charge >= 0.3 is 0 Å². The number of nitrogens with zero attached hydrogens (tertiary/aromatic N) is 1. The first kappa shape index (κ1) is 50.4. The maximum Gasteiger partial charge on any atom is 0.243 e. The lowest BCUT2D eigenvalue weighted by Crippen LogP contribution is -2.60. The molecule has 0 spiro atoms. The summed E-state index contributed by atoms with van der Waals surface area (Å²) in [5, 5.41) is 22.0. The summed E-state index contributed by atoms with van der Waals surface area (Å²) in [7, 11) is 0. The number of rotatable bonds is 13. The van der Waals surface area contributed by atoms with Crippen molar-refractivity contribution in [2.75, 3.05) is 13.1 Å². The number of carbonyl (C=O) groups excluding carboxylic acids is 9. The molecule has 12 N–H and O–H groups in total. The standard InChI is InChI=1S/C46H60N12O9/c1-3-4-15-34-42(63)57-36(20-29-23-51-32-16-9-8-14-31(29)32)44(65)54-33(41(47)62)17-10-11-18-49-39(60)22-38(53-40(61)25-50-27(2)59)46(67)58-37(21-30-24-48-26-52-30)45(66)56-35(43(64)55-34)19-28-12-6-5-7-13-28/h5-9,12-14,16,23-24,26,33-38,51H,3-4,10-11,15,17-22,25H2,1-2H3,(H2,47,62)(H,48,52)(H,49,60)(H,50,59)(H,53,61)(H,54,65)(H,55,64)(H,56,66)(H,57,63)(H,58,67)/t33?,34-,35?,36-,37-,38?/m0/s1. The zero-order chi connectivity index (χ0) is 48.3. The van der Waals surface area contributed by atoms with Gasteiger partial charge in [0.05, 0.1) is 19.3 Å². The van der Waals surface area contributed by atoms with Gasteiger partial charge in [-0.3, -0.25) is 43.2 Å². The third-order valence-electron chi connectivity index (χ3n) is 11.2. The van der Waals surface area contributed by atoms with E-state index in [1.807, 2.05) is 31.2 Å². The second-order valence-corrected chi connectivity index (χ2v) is 16.5. The molecule has 3 heterocycles. The molecule has 1 saturated heterocycles. The first-order valence-electron chi connectivity index (χ1n) is 22.4. The van der Waals surface area contributed by atoms with Gasteiger partial charge < -0.3 is 58.2 Å². The SMILES string of the molecule is CCCC[C@@H]1NC(=O)C(Cc2ccccc2)NC(=O)[C@H](Cc2cnc[nH]2)NC(=O)C(NC(=O)CNC(C)=O)CC(=O)NCCCCC(C(N)=O)NC(=O)[C@H](Cc2c[nH]c3ccccc23)NC1=O. The molecule has 21 heteroatoms. The van der Waals surface area contributed by atoms with E-state index in [9.17, 15) is 43.2 Å². The summed E-state index contributed by atoms with van der Waals surface area (Å²) in [6.45, 7) is 2.67. The maximum absolute atomic E-state index is 14.5. The molecule has 9 amide bonds. The van der Waals surface area contributed by atoms with E-state index in [1.165, 1.54) is 19.4 Å². The van der Waals surface area contributed by atoms with E-state index < -0.39 is 102 Å². The fraction of sp³-hybridized carbons (Fsp3) is 0.435. The van der Waals surface area contributed by atoms with E-state index in [-0.39, 0.29) is 38.6 Å². The zero-order valence-electron chi connectivity index (χ0n) is 37.6. The highest BCUT2D eigenvalue weighted by molar-refractivity contribution is 5.98. The van der Waals surface area contributed by atoms with Gasteiger partial charge in [-0.25, -0.2) is 4.98 Å². The second-order valence-electron chi connectivity index (χ2n) is 16.5. The number of carbonyl (C=O) groups is 9. The Kier molecular flexibility index (Phi) is 19.0. The van der Waals surface area contributed by atoms with Crippen LogP contribution < -0.4 is 48.3 Å². The number of nitrogens with one attached hydrogen (secondary N) is 10. The van der Waals surface area contributed by atoms with E-state index in [0.717, 1.165) is 10.9 Å². The topological polar surface area (TPSA) is 320 Å². The Morgan fingerprint density at radius 1 is 0.746 bits per heavy atom. The van der Waals surface area contributed by atoms with E-state index in [0.29, 0.717) is 42.5 Å². The summed E-state index contributed by atoms with van der Waals surface area (Å²) in [4.78, 5) is 132. The van der Waals surface area contributed by atoms with Crippen molar-refractivity contribution in [3.05, 3.63) is 90.1 Å². The van der Waals surface area contributed by atoms with Crippen LogP contribution in [0.2, 0.25) is 0 Å². The first-order chi connectivity index (χ1) is 32.2. The van der Waals surface area contributed by atoms with Crippen LogP contribution in [0.25, 0.3) is 10.9 Å². The van der Waals surface area contributed by atoms with E-state index in [2.05, 4.69) is 57.5 Å². The van der Waals surface area contributed by atoms with Gasteiger partial charge in [0.1, 0.15) is 36.3 Å². The molecular formula is C46H60N12O9. The Labute approximate surface area is 387 Å². The summed E-state index contributed by atoms with van der Waals surface area (Å²) in [5.41, 5.74) is 8.33. The maximum atomic E-state index is 14.5. The number of unbranched alkanes of at least 4 members (excludes halogenated alkanes) is 1. The molecule has 6 atom stereocenters. The molecular weight excluding hydrogens is 865 g/mol. The molecule has 0 radical (unpaired) electrons. The zero-order valence-corrected chi connectivity index (χ0v) is 37.6. The van der Waals surface area contributed by atoms with E-state index in [4.69, 9.17) is 5.73 Å². The molecule has 67 heavy (non-hydrogen) atoms. The molecule has 21 nitrogen and oxygen atoms in total. The van der Waals surface area contributed by atoms with Gasteiger partial charge in [-0.05, 0) is 42.9 Å². The number of fused-ring (bicyclic) bond motifs is 1. The minimum Gasteiger partial charge on any atom is -0.368 e. The molecule has 0 bridgehead atoms. The van der Waals surface area contributed by atoms with E-state index in [1.54, 1.807) is 36.5 Å². The molecule has 2 aromatic carbocycles. The number of imidazole rings is 1. The summed E-state index contributed by atoms with van der Waals surface area (Å²) in [6.07, 6.45) is 5.73. The van der Waals surface area contributed by atoms with Crippen LogP contribution in [0.3, 0.4) is 0 Å². The number of nitrogens with two attached hydrogens (primary N) is 1. The number of aromatic amines is 2. The van der Waals surface area contributed by atoms with Gasteiger partial charge in [0.2, 0.25) is 53.2 Å². The molecule has 1 fully saturated rings. The Balaban J connectivity index is 1.51. The van der Waals surface area contributed by atoms with Gasteiger partial charge in [0.25, 0.3) is 0 Å². The molecule has 5 rings (SSSR count). The van der Waals surface area contributed by atoms with Gasteiger partial charge in [-0.1, -0.05) is 68.3 Å². The highest BCUT2D eigenvalue weighted by Gasteiger charge is 2.34. The van der Waals surface area contributed by atoms with Crippen molar-refractivity contribution in [3.63, 3.8) is 0 Å². The largest absolute Gasteiger partial charge is 0.368 e. The lowest BCUT2D eigenvalue weighted by atomic mass is 10.0. The number of H-pyrrole nitrogens is 2. The Hall–Kier alpha value is -7.58. The lowest BCUT2D eigenvalue weighted by Gasteiger charge is -2.27. The Morgan fingerprint density at radius 2 is 1.39 bits per heavy atom. The Morgan fingerprint density at radius 3 is 2.07 bits per heavy atom. The van der Waals surface area contributed by atoms with Crippen molar-refractivity contribution >= 4 is 64.1 Å². The van der Waals surface area contributed by atoms with Crippen molar-refractivity contribution in [2.24, 2.45) is 5.73 Å². The Bertz CT molecular complexity index is 2350. The summed E-state index contributed by atoms with van der Waals surface area (Å²) < 4.78 is 0. The molecule has 2 aromatic heterocycles. The number of aromatic nitrogens is 3. The molecule has 3 unspecified atom stereocenters. The normalized spacial score (nSPS) is 21.9. The monoisotopic (exact) mass is 924 g/mol. The number of amides is 9. The summed E-state index contributed by atoms with van der Waals surface area (Å²) >= 11 is 0. The molecule has 358 valence electrons. The van der Waals surface area contributed by atoms with Gasteiger partial charge in [-0.15, -0.1) is 0 Å². The van der Waals surface area contributed by atoms with Crippen molar-refractivity contribution < 1.29 is 43.2 Å². The van der Waals surface area contributed by atoms with E-state index >= 15 is 0 Å². The first-order valence-corrected chi connectivity index (χ1v) is 22.4.